The molecule has 0 aromatic carbocycles. The van der Waals surface area contributed by atoms with Gasteiger partial charge >= 0.3 is 5.97 Å². The molecule has 0 aromatic heterocycles. The van der Waals surface area contributed by atoms with E-state index in [2.05, 4.69) is 43.5 Å². The zero-order chi connectivity index (χ0) is 52.9. The minimum atomic E-state index is -0.663. The van der Waals surface area contributed by atoms with Gasteiger partial charge in [0.2, 0.25) is 5.91 Å². The van der Waals surface area contributed by atoms with Crippen molar-refractivity contribution >= 4 is 11.9 Å². The van der Waals surface area contributed by atoms with Gasteiger partial charge in [0.05, 0.1) is 25.4 Å². The van der Waals surface area contributed by atoms with Crippen LogP contribution in [0.1, 0.15) is 367 Å². The Bertz CT molecular complexity index is 1140. The summed E-state index contributed by atoms with van der Waals surface area (Å²) >= 11 is 0. The van der Waals surface area contributed by atoms with Crippen LogP contribution in [-0.2, 0) is 14.3 Å². The zero-order valence-electron chi connectivity index (χ0n) is 49.4. The van der Waals surface area contributed by atoms with E-state index in [4.69, 9.17) is 4.74 Å². The minimum Gasteiger partial charge on any atom is -0.466 e. The van der Waals surface area contributed by atoms with Crippen molar-refractivity contribution in [2.75, 3.05) is 13.2 Å². The number of esters is 1. The Kier molecular flexibility index (Phi) is 61.4. The van der Waals surface area contributed by atoms with Crippen molar-refractivity contribution in [3.05, 3.63) is 24.3 Å². The maximum absolute atomic E-state index is 12.5. The molecule has 0 radical (unpaired) electrons. The highest BCUT2D eigenvalue weighted by Crippen LogP contribution is 2.18. The number of nitrogens with one attached hydrogen (secondary N) is 1. The molecule has 1 amide bonds. The number of aliphatic hydroxyl groups excluding tert-OH is 2. The molecule has 0 aromatic rings. The summed E-state index contributed by atoms with van der Waals surface area (Å²) in [7, 11) is 0. The number of hydrogen-bond acceptors (Lipinski definition) is 5. The van der Waals surface area contributed by atoms with E-state index in [0.29, 0.717) is 25.9 Å². The molecule has 0 heterocycles. The summed E-state index contributed by atoms with van der Waals surface area (Å²) in [5, 5.41) is 23.3. The number of unbranched alkanes of at least 4 members (excludes halogenated alkanes) is 47. The number of rotatable bonds is 62. The summed E-state index contributed by atoms with van der Waals surface area (Å²) in [4.78, 5) is 24.6. The van der Waals surface area contributed by atoms with Crippen LogP contribution in [0.3, 0.4) is 0 Å². The third-order valence-corrected chi connectivity index (χ3v) is 15.5. The van der Waals surface area contributed by atoms with Crippen LogP contribution >= 0.6 is 0 Å². The average molecular weight is 1030 g/mol. The van der Waals surface area contributed by atoms with Gasteiger partial charge in [-0.05, 0) is 57.8 Å². The lowest BCUT2D eigenvalue weighted by atomic mass is 10.0. The van der Waals surface area contributed by atoms with E-state index in [-0.39, 0.29) is 18.5 Å². The van der Waals surface area contributed by atoms with Crippen molar-refractivity contribution in [2.45, 2.75) is 379 Å². The van der Waals surface area contributed by atoms with E-state index in [1.807, 2.05) is 0 Å². The summed E-state index contributed by atoms with van der Waals surface area (Å²) in [5.41, 5.74) is 0. The van der Waals surface area contributed by atoms with Crippen LogP contribution < -0.4 is 5.32 Å². The molecule has 0 rings (SSSR count). The lowest BCUT2D eigenvalue weighted by Crippen LogP contribution is -2.45. The van der Waals surface area contributed by atoms with Gasteiger partial charge in [-0.3, -0.25) is 9.59 Å². The van der Waals surface area contributed by atoms with Gasteiger partial charge in [0, 0.05) is 12.8 Å². The van der Waals surface area contributed by atoms with Crippen LogP contribution in [-0.4, -0.2) is 47.4 Å². The first-order valence-electron chi connectivity index (χ1n) is 33.1. The Hall–Kier alpha value is -1.66. The third kappa shape index (κ3) is 59.4. The van der Waals surface area contributed by atoms with E-state index in [9.17, 15) is 19.8 Å². The lowest BCUT2D eigenvalue weighted by molar-refractivity contribution is -0.143. The van der Waals surface area contributed by atoms with Crippen molar-refractivity contribution in [3.63, 3.8) is 0 Å². The SMILES string of the molecule is CCCCCC/C=C\C/C=C\CCCCCCCC(=O)OCCCCCCCCCCCCCCCCCCCCCCCCCCCC(=O)NC(CO)C(O)CCCCCCCCCCCCCCCCC. The summed E-state index contributed by atoms with van der Waals surface area (Å²) in [6.07, 6.45) is 77.7. The molecule has 0 saturated heterocycles. The maximum Gasteiger partial charge on any atom is 0.305 e. The number of allylic oxidation sites excluding steroid dienone is 4. The fourth-order valence-electron chi connectivity index (χ4n) is 10.4. The molecule has 3 N–H and O–H groups in total. The van der Waals surface area contributed by atoms with Crippen molar-refractivity contribution in [1.82, 2.24) is 5.32 Å². The van der Waals surface area contributed by atoms with Gasteiger partial charge in [0.1, 0.15) is 0 Å². The Labute approximate surface area is 456 Å². The largest absolute Gasteiger partial charge is 0.466 e. The Morgan fingerprint density at radius 1 is 0.384 bits per heavy atom. The van der Waals surface area contributed by atoms with Gasteiger partial charge in [-0.1, -0.05) is 321 Å². The van der Waals surface area contributed by atoms with Crippen molar-refractivity contribution < 1.29 is 24.5 Å². The monoisotopic (exact) mass is 1030 g/mol. The molecule has 6 nitrogen and oxygen atoms in total. The van der Waals surface area contributed by atoms with E-state index in [1.165, 1.54) is 283 Å². The van der Waals surface area contributed by atoms with E-state index >= 15 is 0 Å². The number of hydrogen-bond donors (Lipinski definition) is 3. The quantitative estimate of drug-likeness (QED) is 0.0320. The number of carbonyl (C=O) groups is 2. The second kappa shape index (κ2) is 62.9. The smallest absolute Gasteiger partial charge is 0.305 e. The summed E-state index contributed by atoms with van der Waals surface area (Å²) < 4.78 is 5.49. The minimum absolute atomic E-state index is 0.00347. The fourth-order valence-corrected chi connectivity index (χ4v) is 10.4. The van der Waals surface area contributed by atoms with Gasteiger partial charge in [-0.15, -0.1) is 0 Å². The van der Waals surface area contributed by atoms with Crippen molar-refractivity contribution in [2.24, 2.45) is 0 Å². The summed E-state index contributed by atoms with van der Waals surface area (Å²) in [6, 6.07) is -0.540. The average Bonchev–Trinajstić information content (AvgIpc) is 3.39. The molecule has 0 fully saturated rings. The van der Waals surface area contributed by atoms with Crippen molar-refractivity contribution in [3.8, 4) is 0 Å². The first-order chi connectivity index (χ1) is 36.0. The molecule has 2 atom stereocenters. The highest BCUT2D eigenvalue weighted by Gasteiger charge is 2.20. The predicted octanol–water partition coefficient (Wildman–Crippen LogP) is 21.0. The summed E-state index contributed by atoms with van der Waals surface area (Å²) in [6.45, 7) is 4.96. The first kappa shape index (κ1) is 71.3. The van der Waals surface area contributed by atoms with Crippen LogP contribution in [0, 0.1) is 0 Å². The first-order valence-corrected chi connectivity index (χ1v) is 33.1. The summed E-state index contributed by atoms with van der Waals surface area (Å²) in [5.74, 6) is -0.0274. The third-order valence-electron chi connectivity index (χ3n) is 15.5. The van der Waals surface area contributed by atoms with Crippen molar-refractivity contribution in [1.29, 1.82) is 0 Å². The molecule has 0 bridgehead atoms. The van der Waals surface area contributed by atoms with Crippen LogP contribution in [0.15, 0.2) is 24.3 Å². The predicted molar refractivity (Wildman–Crippen MR) is 320 cm³/mol. The molecule has 6 heteroatoms. The maximum atomic E-state index is 12.5. The second-order valence-corrected chi connectivity index (χ2v) is 22.8. The molecule has 73 heavy (non-hydrogen) atoms. The molecule has 0 saturated carbocycles. The molecule has 0 aliphatic carbocycles. The zero-order valence-corrected chi connectivity index (χ0v) is 49.4. The lowest BCUT2D eigenvalue weighted by Gasteiger charge is -2.22. The van der Waals surface area contributed by atoms with E-state index in [0.717, 1.165) is 51.4 Å². The molecule has 0 spiro atoms. The van der Waals surface area contributed by atoms with Gasteiger partial charge < -0.3 is 20.3 Å². The van der Waals surface area contributed by atoms with Crippen LogP contribution in [0.4, 0.5) is 0 Å². The fraction of sp³-hybridized carbons (Fsp3) is 0.910. The molecule has 2 unspecified atom stereocenters. The Morgan fingerprint density at radius 3 is 1.05 bits per heavy atom. The van der Waals surface area contributed by atoms with Crippen LogP contribution in [0.25, 0.3) is 0 Å². The van der Waals surface area contributed by atoms with Gasteiger partial charge in [-0.25, -0.2) is 0 Å². The highest BCUT2D eigenvalue weighted by molar-refractivity contribution is 5.76. The van der Waals surface area contributed by atoms with E-state index in [1.54, 1.807) is 0 Å². The molecule has 0 aliphatic heterocycles. The number of ether oxygens (including phenoxy) is 1. The second-order valence-electron chi connectivity index (χ2n) is 22.8. The van der Waals surface area contributed by atoms with E-state index < -0.39 is 12.1 Å². The molecular formula is C67H129NO5. The van der Waals surface area contributed by atoms with Gasteiger partial charge in [0.15, 0.2) is 0 Å². The van der Waals surface area contributed by atoms with Gasteiger partial charge in [-0.2, -0.15) is 0 Å². The highest BCUT2D eigenvalue weighted by atomic mass is 16.5. The van der Waals surface area contributed by atoms with Crippen LogP contribution in [0.5, 0.6) is 0 Å². The molecule has 0 aliphatic rings. The standard InChI is InChI=1S/C67H129NO5/c1-3-5-7-9-11-13-15-17-19-33-37-41-45-49-53-57-61-67(72)73-62-58-54-50-46-42-38-34-30-28-26-24-22-20-21-23-25-27-29-32-36-40-44-48-52-56-60-66(71)68-64(63-69)65(70)59-55-51-47-43-39-35-31-18-16-14-12-10-8-6-4-2/h13,15,19,33,64-65,69-70H,3-12,14,16-18,20-32,34-63H2,1-2H3,(H,68,71)/b15-13-,33-19-. The van der Waals surface area contributed by atoms with Crippen LogP contribution in [0.2, 0.25) is 0 Å². The normalized spacial score (nSPS) is 12.7. The number of amides is 1. The molecule has 432 valence electrons. The Balaban J connectivity index is 3.35. The molecular weight excluding hydrogens is 899 g/mol. The number of carbonyl (C=O) groups excluding carboxylic acids is 2. The van der Waals surface area contributed by atoms with Gasteiger partial charge in [0.25, 0.3) is 0 Å². The Morgan fingerprint density at radius 2 is 0.685 bits per heavy atom. The topological polar surface area (TPSA) is 95.9 Å². The number of aliphatic hydroxyl groups is 2.